The molecule has 0 saturated heterocycles. The van der Waals surface area contributed by atoms with Crippen molar-refractivity contribution in [3.05, 3.63) is 60.7 Å². The minimum atomic E-state index is 1.05. The van der Waals surface area contributed by atoms with Crippen molar-refractivity contribution in [3.8, 4) is 11.1 Å². The molecule has 0 aliphatic rings. The molecule has 3 heteroatoms. The summed E-state index contributed by atoms with van der Waals surface area (Å²) in [6, 6.07) is 10.6. The lowest BCUT2D eigenvalue weighted by molar-refractivity contribution is 0.966. The Hall–Kier alpha value is -2.68. The number of pyridine rings is 2. The number of nitrogens with zero attached hydrogens (tertiary/aromatic N) is 3. The van der Waals surface area contributed by atoms with E-state index in [1.54, 1.807) is 0 Å². The number of aromatic nitrogens is 3. The van der Waals surface area contributed by atoms with Crippen LogP contribution in [0.5, 0.6) is 0 Å². The highest BCUT2D eigenvalue weighted by molar-refractivity contribution is 6.03. The van der Waals surface area contributed by atoms with Gasteiger partial charge in [0, 0.05) is 47.5 Å². The lowest BCUT2D eigenvalue weighted by atomic mass is 10.0. The summed E-state index contributed by atoms with van der Waals surface area (Å²) in [5, 5.41) is 2.39. The van der Waals surface area contributed by atoms with Gasteiger partial charge in [-0.2, -0.15) is 0 Å². The zero-order valence-corrected chi connectivity index (χ0v) is 12.0. The van der Waals surface area contributed by atoms with Crippen LogP contribution in [0.3, 0.4) is 0 Å². The Morgan fingerprint density at radius 1 is 1.05 bits per heavy atom. The van der Waals surface area contributed by atoms with Crippen molar-refractivity contribution in [2.24, 2.45) is 7.05 Å². The van der Waals surface area contributed by atoms with E-state index in [2.05, 4.69) is 65.0 Å². The van der Waals surface area contributed by atoms with E-state index in [0.717, 1.165) is 11.0 Å². The summed E-state index contributed by atoms with van der Waals surface area (Å²) in [5.41, 5.74) is 5.74. The topological polar surface area (TPSA) is 30.7 Å². The molecule has 3 heterocycles. The van der Waals surface area contributed by atoms with Gasteiger partial charge in [-0.3, -0.25) is 9.97 Å². The molecule has 1 aromatic carbocycles. The summed E-state index contributed by atoms with van der Waals surface area (Å²) in [4.78, 5) is 8.87. The van der Waals surface area contributed by atoms with Crippen molar-refractivity contribution in [2.75, 3.05) is 0 Å². The van der Waals surface area contributed by atoms with Gasteiger partial charge in [0.15, 0.2) is 0 Å². The highest BCUT2D eigenvalue weighted by atomic mass is 14.9. The average molecular weight is 273 g/mol. The van der Waals surface area contributed by atoms with Gasteiger partial charge in [0.05, 0.1) is 17.2 Å². The van der Waals surface area contributed by atoms with Crippen molar-refractivity contribution in [1.29, 1.82) is 0 Å². The molecule has 4 aromatic rings. The fraction of sp³-hybridized carbons (Fsp3) is 0.111. The molecule has 0 atom stereocenters. The Morgan fingerprint density at radius 2 is 1.95 bits per heavy atom. The van der Waals surface area contributed by atoms with Gasteiger partial charge in [-0.15, -0.1) is 0 Å². The molecule has 21 heavy (non-hydrogen) atoms. The smallest absolute Gasteiger partial charge is 0.0781 e. The third-order valence-corrected chi connectivity index (χ3v) is 3.93. The predicted octanol–water partition coefficient (Wildman–Crippen LogP) is 4.10. The number of aryl methyl sites for hydroxylation is 2. The van der Waals surface area contributed by atoms with Gasteiger partial charge < -0.3 is 4.57 Å². The third-order valence-electron chi connectivity index (χ3n) is 3.93. The maximum atomic E-state index is 4.65. The molecule has 0 spiro atoms. The van der Waals surface area contributed by atoms with Crippen LogP contribution in [0.15, 0.2) is 55.1 Å². The second-order valence-corrected chi connectivity index (χ2v) is 5.44. The molecule has 0 fully saturated rings. The molecule has 0 N–H and O–H groups in total. The highest BCUT2D eigenvalue weighted by Crippen LogP contribution is 2.33. The normalized spacial score (nSPS) is 11.3. The Kier molecular flexibility index (Phi) is 2.54. The monoisotopic (exact) mass is 273 g/mol. The van der Waals surface area contributed by atoms with Gasteiger partial charge in [0.2, 0.25) is 0 Å². The molecular formula is C18H15N3. The van der Waals surface area contributed by atoms with Crippen LogP contribution in [0.4, 0.5) is 0 Å². The Bertz CT molecular complexity index is 967. The second kappa shape index (κ2) is 4.42. The molecular weight excluding hydrogens is 258 g/mol. The Morgan fingerprint density at radius 3 is 2.86 bits per heavy atom. The van der Waals surface area contributed by atoms with Crippen molar-refractivity contribution in [1.82, 2.24) is 14.5 Å². The third kappa shape index (κ3) is 1.82. The summed E-state index contributed by atoms with van der Waals surface area (Å²) in [6.45, 7) is 2.07. The van der Waals surface area contributed by atoms with Crippen LogP contribution in [0.1, 0.15) is 5.56 Å². The van der Waals surface area contributed by atoms with E-state index in [1.165, 1.54) is 27.5 Å². The van der Waals surface area contributed by atoms with E-state index in [1.807, 2.05) is 18.6 Å². The predicted molar refractivity (Wildman–Crippen MR) is 86.2 cm³/mol. The summed E-state index contributed by atoms with van der Waals surface area (Å²) < 4.78 is 2.12. The summed E-state index contributed by atoms with van der Waals surface area (Å²) >= 11 is 0. The molecule has 0 aliphatic heterocycles. The van der Waals surface area contributed by atoms with E-state index in [-0.39, 0.29) is 0 Å². The van der Waals surface area contributed by atoms with E-state index < -0.39 is 0 Å². The number of benzene rings is 1. The minimum Gasteiger partial charge on any atom is -0.349 e. The van der Waals surface area contributed by atoms with Gasteiger partial charge in [0.1, 0.15) is 0 Å². The van der Waals surface area contributed by atoms with E-state index >= 15 is 0 Å². The van der Waals surface area contributed by atoms with Crippen molar-refractivity contribution < 1.29 is 0 Å². The summed E-state index contributed by atoms with van der Waals surface area (Å²) in [5.74, 6) is 0. The molecule has 0 aliphatic carbocycles. The fourth-order valence-corrected chi connectivity index (χ4v) is 2.93. The number of fused-ring (bicyclic) bond motifs is 2. The van der Waals surface area contributed by atoms with Crippen LogP contribution in [-0.2, 0) is 7.05 Å². The summed E-state index contributed by atoms with van der Waals surface area (Å²) in [7, 11) is 2.05. The van der Waals surface area contributed by atoms with E-state index in [0.29, 0.717) is 0 Å². The average Bonchev–Trinajstić information content (AvgIpc) is 2.84. The van der Waals surface area contributed by atoms with Crippen LogP contribution in [0.25, 0.3) is 32.9 Å². The molecule has 0 radical (unpaired) electrons. The lowest BCUT2D eigenvalue weighted by Crippen LogP contribution is -1.85. The first kappa shape index (κ1) is 12.1. The maximum Gasteiger partial charge on any atom is 0.0781 e. The zero-order chi connectivity index (χ0) is 14.4. The van der Waals surface area contributed by atoms with Crippen LogP contribution in [-0.4, -0.2) is 14.5 Å². The number of hydrogen-bond donors (Lipinski definition) is 0. The molecule has 3 nitrogen and oxygen atoms in total. The molecule has 0 bridgehead atoms. The van der Waals surface area contributed by atoms with Crippen molar-refractivity contribution in [3.63, 3.8) is 0 Å². The van der Waals surface area contributed by atoms with Crippen LogP contribution in [0, 0.1) is 6.92 Å². The molecule has 3 aromatic heterocycles. The Labute approximate surface area is 122 Å². The largest absolute Gasteiger partial charge is 0.349 e. The minimum absolute atomic E-state index is 1.05. The van der Waals surface area contributed by atoms with Gasteiger partial charge >= 0.3 is 0 Å². The first-order chi connectivity index (χ1) is 10.2. The maximum absolute atomic E-state index is 4.65. The Balaban J connectivity index is 2.09. The first-order valence-corrected chi connectivity index (χ1v) is 6.99. The van der Waals surface area contributed by atoms with Gasteiger partial charge in [-0.1, -0.05) is 18.2 Å². The van der Waals surface area contributed by atoms with Gasteiger partial charge in [-0.25, -0.2) is 0 Å². The highest BCUT2D eigenvalue weighted by Gasteiger charge is 2.11. The van der Waals surface area contributed by atoms with E-state index in [9.17, 15) is 0 Å². The summed E-state index contributed by atoms with van der Waals surface area (Å²) in [6.07, 6.45) is 7.83. The quantitative estimate of drug-likeness (QED) is 0.523. The number of hydrogen-bond acceptors (Lipinski definition) is 2. The van der Waals surface area contributed by atoms with Crippen LogP contribution < -0.4 is 0 Å². The molecule has 0 amide bonds. The lowest BCUT2D eigenvalue weighted by Gasteiger charge is -2.05. The molecule has 0 unspecified atom stereocenters. The van der Waals surface area contributed by atoms with E-state index in [4.69, 9.17) is 0 Å². The van der Waals surface area contributed by atoms with Crippen LogP contribution in [0.2, 0.25) is 0 Å². The molecule has 0 saturated carbocycles. The second-order valence-electron chi connectivity index (χ2n) is 5.44. The first-order valence-electron chi connectivity index (χ1n) is 6.99. The number of para-hydroxylation sites is 1. The zero-order valence-electron chi connectivity index (χ0n) is 12.0. The standard InChI is InChI=1S/C18H15N3/c1-12-8-13-4-3-5-15(18(13)20-9-12)16-11-21(2)17-10-19-7-6-14(16)17/h3-11H,1-2H3. The fourth-order valence-electron chi connectivity index (χ4n) is 2.93. The van der Waals surface area contributed by atoms with Gasteiger partial charge in [-0.05, 0) is 24.6 Å². The molecule has 4 rings (SSSR count). The SMILES string of the molecule is Cc1cnc2c(-c3cn(C)c4cnccc34)cccc2c1. The molecule has 102 valence electrons. The van der Waals surface area contributed by atoms with Crippen molar-refractivity contribution >= 4 is 21.8 Å². The van der Waals surface area contributed by atoms with Crippen LogP contribution >= 0.6 is 0 Å². The van der Waals surface area contributed by atoms with Gasteiger partial charge in [0.25, 0.3) is 0 Å². The number of rotatable bonds is 1. The van der Waals surface area contributed by atoms with Crippen molar-refractivity contribution in [2.45, 2.75) is 6.92 Å².